The van der Waals surface area contributed by atoms with Crippen molar-refractivity contribution >= 4 is 32.7 Å². The second-order valence-electron chi connectivity index (χ2n) is 5.61. The van der Waals surface area contributed by atoms with E-state index in [4.69, 9.17) is 9.47 Å². The lowest BCUT2D eigenvalue weighted by Gasteiger charge is -2.14. The van der Waals surface area contributed by atoms with Crippen LogP contribution < -0.4 is 9.47 Å². The van der Waals surface area contributed by atoms with E-state index in [9.17, 15) is 10.1 Å². The molecule has 0 radical (unpaired) electrons. The second-order valence-corrected chi connectivity index (χ2v) is 6.47. The van der Waals surface area contributed by atoms with E-state index >= 15 is 0 Å². The van der Waals surface area contributed by atoms with Crippen molar-refractivity contribution in [2.75, 3.05) is 13.2 Å². The van der Waals surface area contributed by atoms with Crippen molar-refractivity contribution in [3.8, 4) is 22.9 Å². The summed E-state index contributed by atoms with van der Waals surface area (Å²) in [6.45, 7) is 5.04. The zero-order valence-electron chi connectivity index (χ0n) is 14.4. The van der Waals surface area contributed by atoms with Gasteiger partial charge in [0.25, 0.3) is 5.69 Å². The molecule has 0 fully saturated rings. The van der Waals surface area contributed by atoms with Gasteiger partial charge in [0, 0.05) is 17.7 Å². The Balaban J connectivity index is 2.05. The van der Waals surface area contributed by atoms with Crippen molar-refractivity contribution in [1.29, 1.82) is 0 Å². The number of ether oxygens (including phenoxy) is 2. The molecule has 0 aliphatic carbocycles. The highest BCUT2D eigenvalue weighted by Gasteiger charge is 2.16. The van der Waals surface area contributed by atoms with Gasteiger partial charge in [-0.1, -0.05) is 6.92 Å². The van der Waals surface area contributed by atoms with Crippen LogP contribution >= 0.6 is 15.9 Å². The maximum Gasteiger partial charge on any atom is 0.271 e. The largest absolute Gasteiger partial charge is 0.490 e. The maximum absolute atomic E-state index is 10.9. The molecule has 0 atom stereocenters. The van der Waals surface area contributed by atoms with Crippen LogP contribution in [-0.2, 0) is 0 Å². The zero-order valence-corrected chi connectivity index (χ0v) is 16.0. The smallest absolute Gasteiger partial charge is 0.271 e. The number of non-ortho nitro benzene ring substituents is 1. The average Bonchev–Trinajstić information content (AvgIpc) is 3.04. The van der Waals surface area contributed by atoms with Gasteiger partial charge >= 0.3 is 0 Å². The van der Waals surface area contributed by atoms with Crippen LogP contribution in [0.5, 0.6) is 11.5 Å². The van der Waals surface area contributed by atoms with Crippen LogP contribution in [-0.4, -0.2) is 28.1 Å². The van der Waals surface area contributed by atoms with Gasteiger partial charge in [0.15, 0.2) is 11.5 Å². The van der Waals surface area contributed by atoms with Gasteiger partial charge in [-0.2, -0.15) is 0 Å². The lowest BCUT2D eigenvalue weighted by molar-refractivity contribution is -0.384. The number of nitrogens with one attached hydrogen (secondary N) is 1. The summed E-state index contributed by atoms with van der Waals surface area (Å²) in [5.41, 5.74) is 2.08. The minimum atomic E-state index is -0.427. The molecule has 0 saturated carbocycles. The van der Waals surface area contributed by atoms with Gasteiger partial charge in [0.05, 0.1) is 33.6 Å². The number of rotatable bonds is 7. The Morgan fingerprint density at radius 2 is 2.04 bits per heavy atom. The number of nitro groups is 1. The summed E-state index contributed by atoms with van der Waals surface area (Å²) in [6, 6.07) is 8.29. The molecule has 0 amide bonds. The first-order chi connectivity index (χ1) is 12.5. The molecule has 0 spiro atoms. The standard InChI is InChI=1S/C18H18BrN3O4/c1-3-7-26-17-13(19)8-11(9-16(17)25-4-2)18-20-14-6-5-12(22(23)24)10-15(14)21-18/h5-6,8-10H,3-4,7H2,1-2H3,(H,20,21). The molecular formula is C18H18BrN3O4. The summed E-state index contributed by atoms with van der Waals surface area (Å²) >= 11 is 3.53. The molecule has 0 aliphatic heterocycles. The van der Waals surface area contributed by atoms with Crippen LogP contribution in [0, 0.1) is 10.1 Å². The molecule has 0 saturated heterocycles. The predicted molar refractivity (Wildman–Crippen MR) is 103 cm³/mol. The molecule has 3 rings (SSSR count). The monoisotopic (exact) mass is 419 g/mol. The number of aromatic nitrogens is 2. The van der Waals surface area contributed by atoms with Crippen molar-refractivity contribution in [2.24, 2.45) is 0 Å². The van der Waals surface area contributed by atoms with E-state index in [1.165, 1.54) is 12.1 Å². The van der Waals surface area contributed by atoms with Crippen LogP contribution in [0.3, 0.4) is 0 Å². The van der Waals surface area contributed by atoms with Gasteiger partial charge in [-0.15, -0.1) is 0 Å². The average molecular weight is 420 g/mol. The number of aromatic amines is 1. The predicted octanol–water partition coefficient (Wildman–Crippen LogP) is 5.09. The minimum absolute atomic E-state index is 0.0206. The van der Waals surface area contributed by atoms with Crippen molar-refractivity contribution in [3.63, 3.8) is 0 Å². The molecule has 8 heteroatoms. The second kappa shape index (κ2) is 7.74. The number of nitro benzene ring substituents is 1. The number of fused-ring (bicyclic) bond motifs is 1. The van der Waals surface area contributed by atoms with Crippen LogP contribution in [0.2, 0.25) is 0 Å². The van der Waals surface area contributed by atoms with E-state index in [1.54, 1.807) is 6.07 Å². The lowest BCUT2D eigenvalue weighted by Crippen LogP contribution is -2.01. The Hall–Kier alpha value is -2.61. The van der Waals surface area contributed by atoms with E-state index in [1.807, 2.05) is 26.0 Å². The summed E-state index contributed by atoms with van der Waals surface area (Å²) in [5.74, 6) is 1.88. The van der Waals surface area contributed by atoms with Gasteiger partial charge in [-0.3, -0.25) is 10.1 Å². The third kappa shape index (κ3) is 3.65. The Labute approximate surface area is 158 Å². The molecule has 26 heavy (non-hydrogen) atoms. The Morgan fingerprint density at radius 3 is 2.73 bits per heavy atom. The molecule has 1 N–H and O–H groups in total. The molecule has 3 aromatic rings. The first-order valence-electron chi connectivity index (χ1n) is 8.27. The van der Waals surface area contributed by atoms with Gasteiger partial charge < -0.3 is 14.5 Å². The molecule has 1 heterocycles. The van der Waals surface area contributed by atoms with Gasteiger partial charge in [-0.05, 0) is 47.5 Å². The number of halogens is 1. The molecule has 0 aliphatic rings. The molecule has 7 nitrogen and oxygen atoms in total. The number of nitrogens with zero attached hydrogens (tertiary/aromatic N) is 2. The van der Waals surface area contributed by atoms with Gasteiger partial charge in [0.2, 0.25) is 0 Å². The van der Waals surface area contributed by atoms with E-state index in [0.29, 0.717) is 41.6 Å². The van der Waals surface area contributed by atoms with Crippen molar-refractivity contribution in [3.05, 3.63) is 44.9 Å². The summed E-state index contributed by atoms with van der Waals surface area (Å²) in [4.78, 5) is 18.2. The quantitative estimate of drug-likeness (QED) is 0.425. The van der Waals surface area contributed by atoms with Gasteiger partial charge in [-0.25, -0.2) is 4.98 Å². The van der Waals surface area contributed by atoms with Crippen molar-refractivity contribution in [2.45, 2.75) is 20.3 Å². The molecule has 0 unspecified atom stereocenters. The van der Waals surface area contributed by atoms with Crippen molar-refractivity contribution < 1.29 is 14.4 Å². The maximum atomic E-state index is 10.9. The normalized spacial score (nSPS) is 10.9. The first-order valence-corrected chi connectivity index (χ1v) is 9.06. The SMILES string of the molecule is CCCOc1c(Br)cc(-c2nc3ccc([N+](=O)[O-])cc3[nH]2)cc1OCC. The number of imidazole rings is 1. The van der Waals surface area contributed by atoms with Crippen LogP contribution in [0.1, 0.15) is 20.3 Å². The summed E-state index contributed by atoms with van der Waals surface area (Å²) in [5, 5.41) is 10.9. The van der Waals surface area contributed by atoms with Crippen LogP contribution in [0.15, 0.2) is 34.8 Å². The Kier molecular flexibility index (Phi) is 5.41. The zero-order chi connectivity index (χ0) is 18.7. The number of hydrogen-bond acceptors (Lipinski definition) is 5. The molecular weight excluding hydrogens is 402 g/mol. The topological polar surface area (TPSA) is 90.3 Å². The van der Waals surface area contributed by atoms with E-state index in [0.717, 1.165) is 16.5 Å². The minimum Gasteiger partial charge on any atom is -0.490 e. The summed E-state index contributed by atoms with van der Waals surface area (Å²) < 4.78 is 12.3. The fraction of sp³-hybridized carbons (Fsp3) is 0.278. The highest BCUT2D eigenvalue weighted by Crippen LogP contribution is 2.39. The highest BCUT2D eigenvalue weighted by atomic mass is 79.9. The number of benzene rings is 2. The first kappa shape index (κ1) is 18.2. The van der Waals surface area contributed by atoms with E-state index in [2.05, 4.69) is 25.9 Å². The third-order valence-electron chi connectivity index (χ3n) is 3.71. The van der Waals surface area contributed by atoms with E-state index < -0.39 is 4.92 Å². The fourth-order valence-electron chi connectivity index (χ4n) is 2.56. The van der Waals surface area contributed by atoms with E-state index in [-0.39, 0.29) is 5.69 Å². The highest BCUT2D eigenvalue weighted by molar-refractivity contribution is 9.10. The summed E-state index contributed by atoms with van der Waals surface area (Å²) in [6.07, 6.45) is 0.891. The Morgan fingerprint density at radius 1 is 1.23 bits per heavy atom. The Bertz CT molecular complexity index is 955. The van der Waals surface area contributed by atoms with Crippen LogP contribution in [0.25, 0.3) is 22.4 Å². The molecule has 136 valence electrons. The molecule has 2 aromatic carbocycles. The lowest BCUT2D eigenvalue weighted by atomic mass is 10.2. The van der Waals surface area contributed by atoms with Crippen molar-refractivity contribution in [1.82, 2.24) is 9.97 Å². The number of H-pyrrole nitrogens is 1. The van der Waals surface area contributed by atoms with Crippen LogP contribution in [0.4, 0.5) is 5.69 Å². The fourth-order valence-corrected chi connectivity index (χ4v) is 3.12. The van der Waals surface area contributed by atoms with Gasteiger partial charge in [0.1, 0.15) is 5.82 Å². The summed E-state index contributed by atoms with van der Waals surface area (Å²) in [7, 11) is 0. The molecule has 0 bridgehead atoms. The molecule has 1 aromatic heterocycles. The third-order valence-corrected chi connectivity index (χ3v) is 4.30. The number of hydrogen-bond donors (Lipinski definition) is 1.